The molecule has 8 heteroatoms. The van der Waals surface area contributed by atoms with Gasteiger partial charge in [0.15, 0.2) is 5.82 Å². The highest BCUT2D eigenvalue weighted by molar-refractivity contribution is 5.92. The molecule has 1 aromatic rings. The van der Waals surface area contributed by atoms with Crippen LogP contribution in [0.3, 0.4) is 0 Å². The lowest BCUT2D eigenvalue weighted by Gasteiger charge is -2.20. The molecule has 2 heterocycles. The van der Waals surface area contributed by atoms with Crippen molar-refractivity contribution >= 4 is 17.8 Å². The van der Waals surface area contributed by atoms with Crippen LogP contribution in [0, 0.1) is 0 Å². The first-order chi connectivity index (χ1) is 9.02. The van der Waals surface area contributed by atoms with Crippen LogP contribution in [-0.2, 0) is 11.8 Å². The number of carboxylic acids is 1. The first kappa shape index (κ1) is 13.2. The lowest BCUT2D eigenvalue weighted by molar-refractivity contribution is -0.141. The van der Waals surface area contributed by atoms with E-state index in [1.54, 1.807) is 13.1 Å². The van der Waals surface area contributed by atoms with Gasteiger partial charge in [0.25, 0.3) is 0 Å². The molecule has 0 bridgehead atoms. The number of methoxy groups -OCH3 is 1. The van der Waals surface area contributed by atoms with Gasteiger partial charge in [-0.1, -0.05) is 0 Å². The molecule has 1 fully saturated rings. The number of ether oxygens (including phenoxy) is 1. The molecule has 19 heavy (non-hydrogen) atoms. The molecule has 8 nitrogen and oxygen atoms in total. The van der Waals surface area contributed by atoms with Gasteiger partial charge in [0.05, 0.1) is 7.11 Å². The molecule has 1 aromatic heterocycles. The van der Waals surface area contributed by atoms with E-state index in [9.17, 15) is 9.59 Å². The summed E-state index contributed by atoms with van der Waals surface area (Å²) in [6, 6.07) is 0.361. The Morgan fingerprint density at radius 2 is 2.32 bits per heavy atom. The van der Waals surface area contributed by atoms with E-state index in [0.717, 1.165) is 0 Å². The van der Waals surface area contributed by atoms with Gasteiger partial charge in [-0.25, -0.2) is 14.3 Å². The average Bonchev–Trinajstić information content (AvgIpc) is 2.95. The Hall–Kier alpha value is -2.25. The van der Waals surface area contributed by atoms with E-state index in [1.807, 2.05) is 0 Å². The number of nitrogens with zero attached hydrogens (tertiary/aromatic N) is 3. The Balaban J connectivity index is 2.06. The molecule has 2 rings (SSSR count). The summed E-state index contributed by atoms with van der Waals surface area (Å²) in [5.41, 5.74) is 0. The number of nitrogens with one attached hydrogen (secondary N) is 1. The number of likely N-dealkylation sites (tertiary alicyclic amines) is 1. The minimum Gasteiger partial charge on any atom is -0.481 e. The number of urea groups is 1. The monoisotopic (exact) mass is 268 g/mol. The summed E-state index contributed by atoms with van der Waals surface area (Å²) in [6.07, 6.45) is 1.17. The Morgan fingerprint density at radius 3 is 2.89 bits per heavy atom. The van der Waals surface area contributed by atoms with Gasteiger partial charge in [0.2, 0.25) is 5.88 Å². The third-order valence-corrected chi connectivity index (χ3v) is 3.08. The molecule has 104 valence electrons. The fourth-order valence-electron chi connectivity index (χ4n) is 2.15. The minimum atomic E-state index is -0.980. The van der Waals surface area contributed by atoms with Gasteiger partial charge in [-0.3, -0.25) is 5.32 Å². The van der Waals surface area contributed by atoms with Crippen molar-refractivity contribution in [3.8, 4) is 5.88 Å². The molecule has 1 atom stereocenters. The second kappa shape index (κ2) is 5.17. The second-order valence-corrected chi connectivity index (χ2v) is 4.32. The number of hydrogen-bond acceptors (Lipinski definition) is 4. The smallest absolute Gasteiger partial charge is 0.326 e. The van der Waals surface area contributed by atoms with Crippen molar-refractivity contribution < 1.29 is 19.4 Å². The van der Waals surface area contributed by atoms with Crippen LogP contribution in [0.1, 0.15) is 12.8 Å². The average molecular weight is 268 g/mol. The molecular weight excluding hydrogens is 252 g/mol. The van der Waals surface area contributed by atoms with Crippen molar-refractivity contribution in [3.05, 3.63) is 6.07 Å². The lowest BCUT2D eigenvalue weighted by Crippen LogP contribution is -2.42. The number of anilines is 1. The van der Waals surface area contributed by atoms with Crippen LogP contribution in [-0.4, -0.2) is 51.5 Å². The van der Waals surface area contributed by atoms with E-state index in [1.165, 1.54) is 16.7 Å². The number of carbonyl (C=O) groups excluding carboxylic acids is 1. The summed E-state index contributed by atoms with van der Waals surface area (Å²) >= 11 is 0. The summed E-state index contributed by atoms with van der Waals surface area (Å²) in [5.74, 6) is -0.141. The highest BCUT2D eigenvalue weighted by Gasteiger charge is 2.34. The largest absolute Gasteiger partial charge is 0.481 e. The molecule has 1 aliphatic rings. The molecule has 0 radical (unpaired) electrons. The molecule has 1 aliphatic heterocycles. The molecule has 0 aliphatic carbocycles. The summed E-state index contributed by atoms with van der Waals surface area (Å²) in [4.78, 5) is 24.3. The van der Waals surface area contributed by atoms with Crippen LogP contribution in [0.5, 0.6) is 5.88 Å². The van der Waals surface area contributed by atoms with Crippen molar-refractivity contribution in [1.82, 2.24) is 14.7 Å². The van der Waals surface area contributed by atoms with Gasteiger partial charge in [-0.2, -0.15) is 5.10 Å². The SMILES string of the molecule is COc1cc(NC(=O)N2CCCC2C(=O)O)nn1C. The van der Waals surface area contributed by atoms with Crippen LogP contribution < -0.4 is 10.1 Å². The number of aromatic nitrogens is 2. The number of aryl methyl sites for hydroxylation is 1. The van der Waals surface area contributed by atoms with E-state index in [-0.39, 0.29) is 0 Å². The van der Waals surface area contributed by atoms with Crippen molar-refractivity contribution in [2.24, 2.45) is 7.05 Å². The molecule has 1 unspecified atom stereocenters. The molecule has 2 amide bonds. The molecule has 2 N–H and O–H groups in total. The fraction of sp³-hybridized carbons (Fsp3) is 0.545. The second-order valence-electron chi connectivity index (χ2n) is 4.32. The minimum absolute atomic E-state index is 0.334. The van der Waals surface area contributed by atoms with E-state index < -0.39 is 18.0 Å². The van der Waals surface area contributed by atoms with Crippen molar-refractivity contribution in [2.75, 3.05) is 19.0 Å². The predicted octanol–water partition coefficient (Wildman–Crippen LogP) is 0.510. The first-order valence-electron chi connectivity index (χ1n) is 5.91. The summed E-state index contributed by atoms with van der Waals surface area (Å²) in [5, 5.41) is 15.6. The Morgan fingerprint density at radius 1 is 1.58 bits per heavy atom. The number of amides is 2. The van der Waals surface area contributed by atoms with Gasteiger partial charge in [-0.05, 0) is 12.8 Å². The third kappa shape index (κ3) is 2.61. The number of hydrogen-bond donors (Lipinski definition) is 2. The Labute approximate surface area is 109 Å². The summed E-state index contributed by atoms with van der Waals surface area (Å²) in [6.45, 7) is 0.437. The number of carboxylic acid groups (broad SMARTS) is 1. The number of carbonyl (C=O) groups is 2. The van der Waals surface area contributed by atoms with E-state index in [2.05, 4.69) is 10.4 Å². The molecule has 0 spiro atoms. The predicted molar refractivity (Wildman–Crippen MR) is 66.1 cm³/mol. The maximum Gasteiger partial charge on any atom is 0.326 e. The normalized spacial score (nSPS) is 18.4. The van der Waals surface area contributed by atoms with E-state index >= 15 is 0 Å². The van der Waals surface area contributed by atoms with Gasteiger partial charge in [0, 0.05) is 19.7 Å². The van der Waals surface area contributed by atoms with Crippen LogP contribution >= 0.6 is 0 Å². The maximum absolute atomic E-state index is 12.0. The van der Waals surface area contributed by atoms with Gasteiger partial charge >= 0.3 is 12.0 Å². The highest BCUT2D eigenvalue weighted by atomic mass is 16.5. The highest BCUT2D eigenvalue weighted by Crippen LogP contribution is 2.20. The number of aliphatic carboxylic acids is 1. The lowest BCUT2D eigenvalue weighted by atomic mass is 10.2. The summed E-state index contributed by atoms with van der Waals surface area (Å²) < 4.78 is 6.51. The fourth-order valence-corrected chi connectivity index (χ4v) is 2.15. The van der Waals surface area contributed by atoms with Gasteiger partial charge in [0.1, 0.15) is 6.04 Å². The van der Waals surface area contributed by atoms with E-state index in [0.29, 0.717) is 31.1 Å². The summed E-state index contributed by atoms with van der Waals surface area (Å²) in [7, 11) is 3.19. The topological polar surface area (TPSA) is 96.7 Å². The standard InChI is InChI=1S/C11H16N4O4/c1-14-9(19-2)6-8(13-14)12-11(18)15-5-3-4-7(15)10(16)17/h6-7H,3-5H2,1-2H3,(H,16,17)(H,12,13,18). The van der Waals surface area contributed by atoms with Crippen LogP contribution in [0.4, 0.5) is 10.6 Å². The van der Waals surface area contributed by atoms with Crippen molar-refractivity contribution in [3.63, 3.8) is 0 Å². The Kier molecular flexibility index (Phi) is 3.59. The first-order valence-corrected chi connectivity index (χ1v) is 5.91. The maximum atomic E-state index is 12.0. The molecule has 0 aromatic carbocycles. The van der Waals surface area contributed by atoms with Crippen LogP contribution in [0.2, 0.25) is 0 Å². The molecule has 0 saturated carbocycles. The van der Waals surface area contributed by atoms with Crippen molar-refractivity contribution in [2.45, 2.75) is 18.9 Å². The quantitative estimate of drug-likeness (QED) is 0.832. The third-order valence-electron chi connectivity index (χ3n) is 3.08. The molecular formula is C11H16N4O4. The zero-order chi connectivity index (χ0) is 14.0. The van der Waals surface area contributed by atoms with Crippen LogP contribution in [0.15, 0.2) is 6.07 Å². The van der Waals surface area contributed by atoms with Crippen molar-refractivity contribution in [1.29, 1.82) is 0 Å². The number of rotatable bonds is 3. The zero-order valence-electron chi connectivity index (χ0n) is 10.8. The van der Waals surface area contributed by atoms with E-state index in [4.69, 9.17) is 9.84 Å². The Bertz CT molecular complexity index is 499. The van der Waals surface area contributed by atoms with Gasteiger partial charge < -0.3 is 14.7 Å². The van der Waals surface area contributed by atoms with Crippen LogP contribution in [0.25, 0.3) is 0 Å². The zero-order valence-corrected chi connectivity index (χ0v) is 10.8. The molecule has 1 saturated heterocycles. The van der Waals surface area contributed by atoms with Gasteiger partial charge in [-0.15, -0.1) is 0 Å².